The summed E-state index contributed by atoms with van der Waals surface area (Å²) in [6.45, 7) is 1.74. The first-order chi connectivity index (χ1) is 11.1. The van der Waals surface area contributed by atoms with Crippen molar-refractivity contribution in [2.24, 2.45) is 0 Å². The Morgan fingerprint density at radius 1 is 1.17 bits per heavy atom. The molecule has 1 aromatic heterocycles. The van der Waals surface area contributed by atoms with Gasteiger partial charge in [-0.25, -0.2) is 9.37 Å². The van der Waals surface area contributed by atoms with Crippen molar-refractivity contribution in [1.82, 2.24) is 10.3 Å². The molecule has 0 bridgehead atoms. The molecule has 3 rings (SSSR count). The van der Waals surface area contributed by atoms with Gasteiger partial charge in [0.25, 0.3) is 5.91 Å². The van der Waals surface area contributed by atoms with Crippen molar-refractivity contribution < 1.29 is 9.18 Å². The first kappa shape index (κ1) is 15.4. The summed E-state index contributed by atoms with van der Waals surface area (Å²) >= 11 is 6.00. The quantitative estimate of drug-likeness (QED) is 0.718. The van der Waals surface area contributed by atoms with E-state index in [2.05, 4.69) is 10.3 Å². The van der Waals surface area contributed by atoms with Crippen LogP contribution in [0.3, 0.4) is 0 Å². The lowest BCUT2D eigenvalue weighted by atomic mass is 10.1. The summed E-state index contributed by atoms with van der Waals surface area (Å²) in [6.07, 6.45) is 0. The number of halogens is 2. The molecule has 1 heterocycles. The van der Waals surface area contributed by atoms with Crippen molar-refractivity contribution in [1.29, 1.82) is 0 Å². The number of benzene rings is 2. The Bertz CT molecular complexity index is 882. The standard InChI is InChI=1S/C18H14ClFN2O/c1-11(12-6-2-4-8-15(12)20)21-18(23)14-10-17(19)22-16-9-5-3-7-13(14)16/h2-11H,1H3,(H,21,23)/t11-/m0/s1. The highest BCUT2D eigenvalue weighted by Gasteiger charge is 2.17. The van der Waals surface area contributed by atoms with Crippen molar-refractivity contribution >= 4 is 28.4 Å². The highest BCUT2D eigenvalue weighted by molar-refractivity contribution is 6.30. The zero-order chi connectivity index (χ0) is 16.4. The number of nitrogens with one attached hydrogen (secondary N) is 1. The summed E-state index contributed by atoms with van der Waals surface area (Å²) < 4.78 is 13.8. The van der Waals surface area contributed by atoms with Crippen LogP contribution in [-0.2, 0) is 0 Å². The van der Waals surface area contributed by atoms with Crippen LogP contribution in [0, 0.1) is 5.82 Å². The Morgan fingerprint density at radius 2 is 1.87 bits per heavy atom. The fourth-order valence-electron chi connectivity index (χ4n) is 2.51. The molecule has 3 aromatic rings. The largest absolute Gasteiger partial charge is 0.345 e. The summed E-state index contributed by atoms with van der Waals surface area (Å²) in [5, 5.41) is 3.75. The average molecular weight is 329 g/mol. The van der Waals surface area contributed by atoms with Gasteiger partial charge in [0.2, 0.25) is 0 Å². The number of aromatic nitrogens is 1. The lowest BCUT2D eigenvalue weighted by Gasteiger charge is -2.16. The molecular weight excluding hydrogens is 315 g/mol. The van der Waals surface area contributed by atoms with Crippen LogP contribution in [0.4, 0.5) is 4.39 Å². The van der Waals surface area contributed by atoms with Crippen LogP contribution in [0.5, 0.6) is 0 Å². The van der Waals surface area contributed by atoms with E-state index in [1.54, 1.807) is 37.3 Å². The summed E-state index contributed by atoms with van der Waals surface area (Å²) in [5.41, 5.74) is 1.50. The van der Waals surface area contributed by atoms with Gasteiger partial charge in [-0.2, -0.15) is 0 Å². The van der Waals surface area contributed by atoms with Crippen molar-refractivity contribution in [3.8, 4) is 0 Å². The van der Waals surface area contributed by atoms with Crippen LogP contribution < -0.4 is 5.32 Å². The number of para-hydroxylation sites is 1. The lowest BCUT2D eigenvalue weighted by Crippen LogP contribution is -2.27. The van der Waals surface area contributed by atoms with Gasteiger partial charge in [0.05, 0.1) is 17.1 Å². The van der Waals surface area contributed by atoms with Crippen molar-refractivity contribution in [2.45, 2.75) is 13.0 Å². The number of amides is 1. The molecule has 0 spiro atoms. The minimum Gasteiger partial charge on any atom is -0.345 e. The van der Waals surface area contributed by atoms with E-state index >= 15 is 0 Å². The minimum atomic E-state index is -0.464. The molecule has 0 aliphatic rings. The summed E-state index contributed by atoms with van der Waals surface area (Å²) in [7, 11) is 0. The van der Waals surface area contributed by atoms with Gasteiger partial charge in [-0.05, 0) is 25.1 Å². The first-order valence-electron chi connectivity index (χ1n) is 7.17. The first-order valence-corrected chi connectivity index (χ1v) is 7.54. The zero-order valence-electron chi connectivity index (χ0n) is 12.4. The van der Waals surface area contributed by atoms with Crippen molar-refractivity contribution in [3.63, 3.8) is 0 Å². The fraction of sp³-hybridized carbons (Fsp3) is 0.111. The van der Waals surface area contributed by atoms with Gasteiger partial charge in [0.15, 0.2) is 0 Å². The minimum absolute atomic E-state index is 0.243. The van der Waals surface area contributed by atoms with Crippen LogP contribution in [-0.4, -0.2) is 10.9 Å². The van der Waals surface area contributed by atoms with Crippen LogP contribution in [0.1, 0.15) is 28.9 Å². The van der Waals surface area contributed by atoms with E-state index in [-0.39, 0.29) is 16.9 Å². The van der Waals surface area contributed by atoms with Gasteiger partial charge in [-0.1, -0.05) is 48.0 Å². The molecule has 0 saturated carbocycles. The van der Waals surface area contributed by atoms with Crippen LogP contribution in [0.15, 0.2) is 54.6 Å². The molecule has 3 nitrogen and oxygen atoms in total. The van der Waals surface area contributed by atoms with Crippen molar-refractivity contribution in [2.75, 3.05) is 0 Å². The SMILES string of the molecule is C[C@H](NC(=O)c1cc(Cl)nc2ccccc12)c1ccccc1F. The number of hydrogen-bond donors (Lipinski definition) is 1. The third-order valence-electron chi connectivity index (χ3n) is 3.65. The average Bonchev–Trinajstić information content (AvgIpc) is 2.54. The molecule has 2 aromatic carbocycles. The fourth-order valence-corrected chi connectivity index (χ4v) is 2.71. The Kier molecular flexibility index (Phi) is 4.26. The second-order valence-electron chi connectivity index (χ2n) is 5.23. The number of nitrogens with zero attached hydrogens (tertiary/aromatic N) is 1. The second kappa shape index (κ2) is 6.34. The molecule has 23 heavy (non-hydrogen) atoms. The molecule has 0 aliphatic heterocycles. The van der Waals surface area contributed by atoms with E-state index in [4.69, 9.17) is 11.6 Å². The van der Waals surface area contributed by atoms with Crippen molar-refractivity contribution in [3.05, 3.63) is 76.7 Å². The predicted octanol–water partition coefficient (Wildman–Crippen LogP) is 4.52. The van der Waals surface area contributed by atoms with Crippen LogP contribution in [0.25, 0.3) is 10.9 Å². The zero-order valence-corrected chi connectivity index (χ0v) is 13.1. The number of carbonyl (C=O) groups excluding carboxylic acids is 1. The molecule has 0 unspecified atom stereocenters. The molecular formula is C18H14ClFN2O. The van der Waals surface area contributed by atoms with Gasteiger partial charge < -0.3 is 5.32 Å². The van der Waals surface area contributed by atoms with Gasteiger partial charge >= 0.3 is 0 Å². The monoisotopic (exact) mass is 328 g/mol. The van der Waals surface area contributed by atoms with Gasteiger partial charge in [0.1, 0.15) is 11.0 Å². The number of carbonyl (C=O) groups is 1. The normalized spacial score (nSPS) is 12.1. The third kappa shape index (κ3) is 3.17. The number of pyridine rings is 1. The van der Waals surface area contributed by atoms with Crippen LogP contribution >= 0.6 is 11.6 Å². The lowest BCUT2D eigenvalue weighted by molar-refractivity contribution is 0.0941. The molecule has 1 atom stereocenters. The topological polar surface area (TPSA) is 42.0 Å². The van der Waals surface area contributed by atoms with E-state index in [9.17, 15) is 9.18 Å². The number of rotatable bonds is 3. The Morgan fingerprint density at radius 3 is 2.65 bits per heavy atom. The molecule has 5 heteroatoms. The second-order valence-corrected chi connectivity index (χ2v) is 5.61. The van der Waals surface area contributed by atoms with Gasteiger partial charge in [-0.3, -0.25) is 4.79 Å². The van der Waals surface area contributed by atoms with Gasteiger partial charge in [-0.15, -0.1) is 0 Å². The third-order valence-corrected chi connectivity index (χ3v) is 3.84. The van der Waals surface area contributed by atoms with E-state index in [1.807, 2.05) is 12.1 Å². The molecule has 0 fully saturated rings. The highest BCUT2D eigenvalue weighted by atomic mass is 35.5. The maximum absolute atomic E-state index is 13.8. The molecule has 0 saturated heterocycles. The predicted molar refractivity (Wildman–Crippen MR) is 89.0 cm³/mol. The van der Waals surface area contributed by atoms with E-state index in [0.29, 0.717) is 22.0 Å². The van der Waals surface area contributed by atoms with Gasteiger partial charge in [0, 0.05) is 10.9 Å². The maximum Gasteiger partial charge on any atom is 0.252 e. The molecule has 116 valence electrons. The smallest absolute Gasteiger partial charge is 0.252 e. The number of fused-ring (bicyclic) bond motifs is 1. The summed E-state index contributed by atoms with van der Waals surface area (Å²) in [5.74, 6) is -0.667. The molecule has 1 amide bonds. The van der Waals surface area contributed by atoms with E-state index < -0.39 is 6.04 Å². The highest BCUT2D eigenvalue weighted by Crippen LogP contribution is 2.22. The summed E-state index contributed by atoms with van der Waals surface area (Å²) in [6, 6.07) is 14.7. The van der Waals surface area contributed by atoms with Crippen LogP contribution in [0.2, 0.25) is 5.15 Å². The van der Waals surface area contributed by atoms with E-state index in [0.717, 1.165) is 0 Å². The Hall–Kier alpha value is -2.46. The number of hydrogen-bond acceptors (Lipinski definition) is 2. The Balaban J connectivity index is 1.94. The summed E-state index contributed by atoms with van der Waals surface area (Å²) in [4.78, 5) is 16.8. The van der Waals surface area contributed by atoms with E-state index in [1.165, 1.54) is 12.1 Å². The molecule has 1 N–H and O–H groups in total. The Labute approximate surface area is 138 Å². The molecule has 0 radical (unpaired) electrons. The maximum atomic E-state index is 13.8. The molecule has 0 aliphatic carbocycles.